The zero-order valence-electron chi connectivity index (χ0n) is 18.4. The fraction of sp³-hybridized carbons (Fsp3) is 0.250. The highest BCUT2D eigenvalue weighted by atomic mass is 32.2. The van der Waals surface area contributed by atoms with E-state index in [0.29, 0.717) is 34.1 Å². The fourth-order valence-corrected chi connectivity index (χ4v) is 6.22. The molecule has 5 rings (SSSR count). The zero-order chi connectivity index (χ0) is 24.7. The topological polar surface area (TPSA) is 114 Å². The predicted molar refractivity (Wildman–Crippen MR) is 128 cm³/mol. The summed E-state index contributed by atoms with van der Waals surface area (Å²) in [6, 6.07) is 11.0. The van der Waals surface area contributed by atoms with E-state index >= 15 is 0 Å². The summed E-state index contributed by atoms with van der Waals surface area (Å²) >= 11 is 0.470. The third-order valence-corrected chi connectivity index (χ3v) is 8.85. The van der Waals surface area contributed by atoms with Crippen molar-refractivity contribution in [2.24, 2.45) is 0 Å². The van der Waals surface area contributed by atoms with Crippen LogP contribution in [0.1, 0.15) is 34.3 Å². The number of carbonyl (C=O) groups excluding carboxylic acids is 3. The molecule has 2 aliphatic rings. The van der Waals surface area contributed by atoms with Crippen LogP contribution >= 0.6 is 11.3 Å². The lowest BCUT2D eigenvalue weighted by molar-refractivity contribution is -0.118. The number of rotatable bonds is 8. The van der Waals surface area contributed by atoms with Crippen molar-refractivity contribution >= 4 is 50.3 Å². The molecule has 0 spiro atoms. The molecule has 1 aliphatic carbocycles. The van der Waals surface area contributed by atoms with E-state index in [-0.39, 0.29) is 22.9 Å². The van der Waals surface area contributed by atoms with Gasteiger partial charge in [-0.3, -0.25) is 14.4 Å². The molecule has 3 aromatic rings. The third kappa shape index (κ3) is 5.01. The number of thiophene rings is 1. The first-order chi connectivity index (χ1) is 16.7. The molecule has 2 amide bonds. The Morgan fingerprint density at radius 2 is 1.94 bits per heavy atom. The van der Waals surface area contributed by atoms with Gasteiger partial charge in [-0.2, -0.15) is 4.39 Å². The quantitative estimate of drug-likeness (QED) is 0.460. The first-order valence-electron chi connectivity index (χ1n) is 10.9. The van der Waals surface area contributed by atoms with E-state index < -0.39 is 38.3 Å². The van der Waals surface area contributed by atoms with Gasteiger partial charge in [0.2, 0.25) is 5.91 Å². The maximum Gasteiger partial charge on any atom is 0.266 e. The van der Waals surface area contributed by atoms with Crippen molar-refractivity contribution in [1.29, 1.82) is 0 Å². The van der Waals surface area contributed by atoms with Gasteiger partial charge in [0.05, 0.1) is 6.42 Å². The summed E-state index contributed by atoms with van der Waals surface area (Å²) in [5.74, 6) is -2.09. The minimum absolute atomic E-state index is 0.0599. The maximum absolute atomic E-state index is 13.1. The number of fused-ring (bicyclic) bond motifs is 1. The number of imide groups is 1. The Bertz CT molecular complexity index is 1450. The molecule has 35 heavy (non-hydrogen) atoms. The highest BCUT2D eigenvalue weighted by molar-refractivity contribution is 7.94. The Morgan fingerprint density at radius 1 is 1.14 bits per heavy atom. The van der Waals surface area contributed by atoms with Crippen LogP contribution in [0.15, 0.2) is 52.9 Å². The number of hydrogen-bond donors (Lipinski definition) is 1. The first-order valence-corrected chi connectivity index (χ1v) is 13.4. The molecule has 1 N–H and O–H groups in total. The van der Waals surface area contributed by atoms with E-state index in [1.165, 1.54) is 18.3 Å². The molecule has 1 aliphatic heterocycles. The monoisotopic (exact) mass is 513 g/mol. The average molecular weight is 514 g/mol. The second kappa shape index (κ2) is 8.97. The van der Waals surface area contributed by atoms with Crippen LogP contribution in [0, 0.1) is 5.13 Å². The van der Waals surface area contributed by atoms with Gasteiger partial charge in [-0.1, -0.05) is 17.4 Å². The van der Waals surface area contributed by atoms with E-state index in [0.717, 1.165) is 35.6 Å². The minimum atomic E-state index is -3.93. The van der Waals surface area contributed by atoms with Crippen LogP contribution in [0.2, 0.25) is 0 Å². The van der Waals surface area contributed by atoms with Crippen LogP contribution in [0.25, 0.3) is 0 Å². The number of amides is 2. The Hall–Kier alpha value is -3.44. The molecule has 0 bridgehead atoms. The van der Waals surface area contributed by atoms with Gasteiger partial charge in [-0.25, -0.2) is 18.3 Å². The lowest BCUT2D eigenvalue weighted by Gasteiger charge is -2.26. The van der Waals surface area contributed by atoms with Crippen molar-refractivity contribution in [2.45, 2.75) is 35.9 Å². The number of benzene rings is 1. The van der Waals surface area contributed by atoms with Crippen LogP contribution in [0.4, 0.5) is 15.9 Å². The standard InChI is InChI=1S/C24H20FN3O5S2/c25-20-6-8-23(34-20)35(32,33)13-18(29)9-14-1-7-21(26-12-14)28-22(30)11-15-10-17(27-16-2-3-16)4-5-19(15)24(28)31/h1,4-8,10,12,16,27H,2-3,9,11,13H2. The van der Waals surface area contributed by atoms with Crippen LogP contribution < -0.4 is 10.2 Å². The van der Waals surface area contributed by atoms with E-state index in [2.05, 4.69) is 10.3 Å². The van der Waals surface area contributed by atoms with Crippen molar-refractivity contribution in [3.05, 3.63) is 70.5 Å². The number of aromatic nitrogens is 1. The van der Waals surface area contributed by atoms with E-state index in [1.807, 2.05) is 12.1 Å². The number of halogens is 1. The van der Waals surface area contributed by atoms with Gasteiger partial charge in [0.25, 0.3) is 5.91 Å². The number of anilines is 2. The Labute approximate surface area is 204 Å². The van der Waals surface area contributed by atoms with E-state index in [1.54, 1.807) is 6.07 Å². The lowest BCUT2D eigenvalue weighted by atomic mass is 9.97. The molecule has 11 heteroatoms. The van der Waals surface area contributed by atoms with Crippen LogP contribution in [-0.4, -0.2) is 42.8 Å². The first kappa shape index (κ1) is 23.3. The molecule has 0 saturated heterocycles. The number of hydrogen-bond acceptors (Lipinski definition) is 8. The van der Waals surface area contributed by atoms with Gasteiger partial charge in [0.1, 0.15) is 15.8 Å². The summed E-state index contributed by atoms with van der Waals surface area (Å²) in [4.78, 5) is 43.3. The minimum Gasteiger partial charge on any atom is -0.382 e. The molecular weight excluding hydrogens is 493 g/mol. The summed E-state index contributed by atoms with van der Waals surface area (Å²) in [7, 11) is -3.93. The zero-order valence-corrected chi connectivity index (χ0v) is 20.0. The number of pyridine rings is 1. The maximum atomic E-state index is 13.1. The highest BCUT2D eigenvalue weighted by Gasteiger charge is 2.33. The predicted octanol–water partition coefficient (Wildman–Crippen LogP) is 3.17. The molecular formula is C24H20FN3O5S2. The number of carbonyl (C=O) groups is 3. The van der Waals surface area contributed by atoms with Gasteiger partial charge < -0.3 is 5.32 Å². The van der Waals surface area contributed by atoms with Crippen molar-refractivity contribution in [3.63, 3.8) is 0 Å². The Kier molecular flexibility index (Phi) is 5.97. The number of Topliss-reactive ketones (excluding diaryl/α,β-unsaturated/α-hetero) is 1. The van der Waals surface area contributed by atoms with Crippen molar-refractivity contribution in [3.8, 4) is 0 Å². The molecule has 180 valence electrons. The van der Waals surface area contributed by atoms with Crippen molar-refractivity contribution in [2.75, 3.05) is 16.0 Å². The third-order valence-electron chi connectivity index (χ3n) is 5.72. The van der Waals surface area contributed by atoms with Crippen LogP contribution in [0.3, 0.4) is 0 Å². The summed E-state index contributed by atoms with van der Waals surface area (Å²) in [5.41, 5.74) is 2.41. The molecule has 1 saturated carbocycles. The Balaban J connectivity index is 1.27. The summed E-state index contributed by atoms with van der Waals surface area (Å²) < 4.78 is 37.5. The second-order valence-corrected chi connectivity index (χ2v) is 11.8. The average Bonchev–Trinajstić information content (AvgIpc) is 3.49. The van der Waals surface area contributed by atoms with Crippen molar-refractivity contribution in [1.82, 2.24) is 4.98 Å². The van der Waals surface area contributed by atoms with Crippen LogP contribution in [0.5, 0.6) is 0 Å². The molecule has 0 radical (unpaired) electrons. The summed E-state index contributed by atoms with van der Waals surface area (Å²) in [6.07, 6.45) is 3.41. The summed E-state index contributed by atoms with van der Waals surface area (Å²) in [6.45, 7) is 0. The largest absolute Gasteiger partial charge is 0.382 e. The van der Waals surface area contributed by atoms with E-state index in [9.17, 15) is 27.2 Å². The van der Waals surface area contributed by atoms with Gasteiger partial charge >= 0.3 is 0 Å². The molecule has 1 fully saturated rings. The molecule has 0 unspecified atom stereocenters. The van der Waals surface area contributed by atoms with Crippen LogP contribution in [-0.2, 0) is 32.3 Å². The fourth-order valence-electron chi connectivity index (χ4n) is 3.89. The number of sulfone groups is 1. The number of nitrogens with one attached hydrogen (secondary N) is 1. The number of ketones is 1. The SMILES string of the molecule is O=C(Cc1ccc(N2C(=O)Cc3cc(NC4CC4)ccc3C2=O)nc1)CS(=O)(=O)c1ccc(F)s1. The van der Waals surface area contributed by atoms with Gasteiger partial charge in [-0.15, -0.1) is 0 Å². The molecule has 3 heterocycles. The van der Waals surface area contributed by atoms with E-state index in [4.69, 9.17) is 0 Å². The normalized spacial score (nSPS) is 15.7. The molecule has 2 aromatic heterocycles. The highest BCUT2D eigenvalue weighted by Crippen LogP contribution is 2.30. The lowest BCUT2D eigenvalue weighted by Crippen LogP contribution is -2.43. The molecule has 1 aromatic carbocycles. The van der Waals surface area contributed by atoms with Crippen molar-refractivity contribution < 1.29 is 27.2 Å². The number of nitrogens with zero attached hydrogens (tertiary/aromatic N) is 2. The van der Waals surface area contributed by atoms with Gasteiger partial charge in [-0.05, 0) is 60.4 Å². The summed E-state index contributed by atoms with van der Waals surface area (Å²) in [5, 5.41) is 2.71. The van der Waals surface area contributed by atoms with Gasteiger partial charge in [0, 0.05) is 29.9 Å². The molecule has 0 atom stereocenters. The Morgan fingerprint density at radius 3 is 2.60 bits per heavy atom. The second-order valence-electron chi connectivity index (χ2n) is 8.56. The smallest absolute Gasteiger partial charge is 0.266 e. The molecule has 8 nitrogen and oxygen atoms in total. The van der Waals surface area contributed by atoms with Gasteiger partial charge in [0.15, 0.2) is 20.8 Å².